The van der Waals surface area contributed by atoms with Gasteiger partial charge < -0.3 is 4.90 Å². The Morgan fingerprint density at radius 1 is 1.21 bits per heavy atom. The Kier molecular flexibility index (Phi) is 6.53. The molecule has 9 heteroatoms. The average molecular weight is 403 g/mol. The first-order valence-corrected chi connectivity index (χ1v) is 10.2. The molecule has 2 rings (SSSR count). The number of nitrogens with zero attached hydrogens (tertiary/aromatic N) is 2. The van der Waals surface area contributed by atoms with Crippen LogP contribution in [0.1, 0.15) is 24.1 Å². The van der Waals surface area contributed by atoms with Gasteiger partial charge in [0.25, 0.3) is 5.69 Å². The molecule has 0 aliphatic heterocycles. The second-order valence-electron chi connectivity index (χ2n) is 6.31. The van der Waals surface area contributed by atoms with Crippen molar-refractivity contribution < 1.29 is 18.1 Å². The predicted molar refractivity (Wildman–Crippen MR) is 108 cm³/mol. The number of hydrogen-bond donors (Lipinski definition) is 1. The van der Waals surface area contributed by atoms with E-state index in [2.05, 4.69) is 4.72 Å². The fraction of sp³-hybridized carbons (Fsp3) is 0.211. The number of amides is 1. The van der Waals surface area contributed by atoms with Crippen LogP contribution < -0.4 is 4.72 Å². The molecule has 0 saturated heterocycles. The molecule has 2 aromatic carbocycles. The number of anilines is 1. The van der Waals surface area contributed by atoms with E-state index in [0.29, 0.717) is 11.3 Å². The zero-order valence-electron chi connectivity index (χ0n) is 15.7. The van der Waals surface area contributed by atoms with Gasteiger partial charge in [0.05, 0.1) is 17.2 Å². The highest BCUT2D eigenvalue weighted by Gasteiger charge is 2.17. The molecular weight excluding hydrogens is 382 g/mol. The number of nitro benzene ring substituents is 1. The molecule has 2 aromatic rings. The van der Waals surface area contributed by atoms with Crippen molar-refractivity contribution in [2.45, 2.75) is 13.0 Å². The Bertz CT molecular complexity index is 1000. The van der Waals surface area contributed by atoms with Crippen LogP contribution in [0.3, 0.4) is 0 Å². The Balaban J connectivity index is 2.07. The summed E-state index contributed by atoms with van der Waals surface area (Å²) in [5, 5.41) is 10.9. The lowest BCUT2D eigenvalue weighted by Crippen LogP contribution is -2.28. The molecule has 148 valence electrons. The van der Waals surface area contributed by atoms with Crippen LogP contribution in [-0.2, 0) is 14.8 Å². The minimum absolute atomic E-state index is 0.0245. The van der Waals surface area contributed by atoms with E-state index in [-0.39, 0.29) is 17.6 Å². The summed E-state index contributed by atoms with van der Waals surface area (Å²) in [5.74, 6) is -0.266. The third kappa shape index (κ3) is 5.92. The van der Waals surface area contributed by atoms with Crippen LogP contribution in [-0.4, -0.2) is 37.5 Å². The molecule has 0 radical (unpaired) electrons. The quantitative estimate of drug-likeness (QED) is 0.434. The van der Waals surface area contributed by atoms with Gasteiger partial charge in [-0.1, -0.05) is 24.3 Å². The first kappa shape index (κ1) is 21.1. The molecule has 0 bridgehead atoms. The molecule has 1 N–H and O–H groups in total. The highest BCUT2D eigenvalue weighted by atomic mass is 32.2. The number of benzene rings is 2. The molecule has 28 heavy (non-hydrogen) atoms. The van der Waals surface area contributed by atoms with E-state index >= 15 is 0 Å². The van der Waals surface area contributed by atoms with Crippen molar-refractivity contribution in [1.82, 2.24) is 4.90 Å². The van der Waals surface area contributed by atoms with Crippen LogP contribution in [0.2, 0.25) is 0 Å². The second kappa shape index (κ2) is 8.66. The molecule has 1 atom stereocenters. The van der Waals surface area contributed by atoms with Crippen molar-refractivity contribution >= 4 is 33.4 Å². The Morgan fingerprint density at radius 3 is 2.43 bits per heavy atom. The SMILES string of the molecule is CC(c1cccc([N+](=O)[O-])c1)N(C)C(=O)/C=C/c1ccc(NS(C)(=O)=O)cc1. The molecule has 0 aliphatic rings. The standard InChI is InChI=1S/C19H21N3O5S/c1-14(16-5-4-6-18(13-16)22(24)25)21(2)19(23)12-9-15-7-10-17(11-8-15)20-28(3,26)27/h4-14,20H,1-3H3/b12-9+. The van der Waals surface area contributed by atoms with Gasteiger partial charge in [0.15, 0.2) is 0 Å². The minimum Gasteiger partial charge on any atom is -0.335 e. The van der Waals surface area contributed by atoms with E-state index in [0.717, 1.165) is 11.8 Å². The normalized spacial score (nSPS) is 12.5. The number of sulfonamides is 1. The van der Waals surface area contributed by atoms with E-state index in [1.165, 1.54) is 23.1 Å². The minimum atomic E-state index is -3.34. The highest BCUT2D eigenvalue weighted by Crippen LogP contribution is 2.23. The van der Waals surface area contributed by atoms with Crippen LogP contribution in [0.5, 0.6) is 0 Å². The maximum absolute atomic E-state index is 12.4. The van der Waals surface area contributed by atoms with Crippen LogP contribution in [0, 0.1) is 10.1 Å². The van der Waals surface area contributed by atoms with Gasteiger partial charge in [0.1, 0.15) is 0 Å². The molecule has 0 saturated carbocycles. The third-order valence-electron chi connectivity index (χ3n) is 4.12. The Morgan fingerprint density at radius 2 is 1.86 bits per heavy atom. The fourth-order valence-corrected chi connectivity index (χ4v) is 3.04. The number of nitro groups is 1. The zero-order valence-corrected chi connectivity index (χ0v) is 16.5. The lowest BCUT2D eigenvalue weighted by molar-refractivity contribution is -0.384. The lowest BCUT2D eigenvalue weighted by Gasteiger charge is -2.24. The molecule has 1 unspecified atom stereocenters. The predicted octanol–water partition coefficient (Wildman–Crippen LogP) is 3.20. The van der Waals surface area contributed by atoms with Crippen molar-refractivity contribution in [2.75, 3.05) is 18.0 Å². The molecular formula is C19H21N3O5S. The van der Waals surface area contributed by atoms with Gasteiger partial charge in [-0.05, 0) is 36.3 Å². The van der Waals surface area contributed by atoms with Crippen molar-refractivity contribution in [3.05, 3.63) is 75.8 Å². The van der Waals surface area contributed by atoms with Crippen molar-refractivity contribution in [2.24, 2.45) is 0 Å². The maximum atomic E-state index is 12.4. The van der Waals surface area contributed by atoms with E-state index in [4.69, 9.17) is 0 Å². The number of hydrogen-bond acceptors (Lipinski definition) is 5. The van der Waals surface area contributed by atoms with Crippen LogP contribution in [0.15, 0.2) is 54.6 Å². The fourth-order valence-electron chi connectivity index (χ4n) is 2.47. The van der Waals surface area contributed by atoms with Gasteiger partial charge in [-0.25, -0.2) is 8.42 Å². The smallest absolute Gasteiger partial charge is 0.269 e. The number of carbonyl (C=O) groups excluding carboxylic acids is 1. The van der Waals surface area contributed by atoms with Crippen molar-refractivity contribution in [3.8, 4) is 0 Å². The number of nitrogens with one attached hydrogen (secondary N) is 1. The first-order chi connectivity index (χ1) is 13.1. The van der Waals surface area contributed by atoms with Crippen molar-refractivity contribution in [1.29, 1.82) is 0 Å². The molecule has 0 heterocycles. The van der Waals surface area contributed by atoms with Gasteiger partial charge >= 0.3 is 0 Å². The monoisotopic (exact) mass is 403 g/mol. The Hall–Kier alpha value is -3.20. The van der Waals surface area contributed by atoms with E-state index in [1.807, 2.05) is 0 Å². The largest absolute Gasteiger partial charge is 0.335 e. The lowest BCUT2D eigenvalue weighted by atomic mass is 10.1. The maximum Gasteiger partial charge on any atom is 0.269 e. The summed E-state index contributed by atoms with van der Waals surface area (Å²) in [7, 11) is -1.72. The average Bonchev–Trinajstić information content (AvgIpc) is 2.64. The summed E-state index contributed by atoms with van der Waals surface area (Å²) in [4.78, 5) is 24.3. The molecule has 1 amide bonds. The molecule has 0 aromatic heterocycles. The van der Waals surface area contributed by atoms with Gasteiger partial charge in [-0.2, -0.15) is 0 Å². The molecule has 0 spiro atoms. The summed E-state index contributed by atoms with van der Waals surface area (Å²) >= 11 is 0. The summed E-state index contributed by atoms with van der Waals surface area (Å²) in [6, 6.07) is 12.4. The van der Waals surface area contributed by atoms with Crippen LogP contribution in [0.25, 0.3) is 6.08 Å². The topological polar surface area (TPSA) is 110 Å². The number of rotatable bonds is 7. The zero-order chi connectivity index (χ0) is 20.9. The summed E-state index contributed by atoms with van der Waals surface area (Å²) in [5.41, 5.74) is 1.80. The summed E-state index contributed by atoms with van der Waals surface area (Å²) in [6.07, 6.45) is 4.08. The van der Waals surface area contributed by atoms with E-state index in [9.17, 15) is 23.3 Å². The molecule has 0 aliphatic carbocycles. The number of carbonyl (C=O) groups is 1. The first-order valence-electron chi connectivity index (χ1n) is 8.34. The molecule has 8 nitrogen and oxygen atoms in total. The second-order valence-corrected chi connectivity index (χ2v) is 8.06. The summed E-state index contributed by atoms with van der Waals surface area (Å²) in [6.45, 7) is 1.79. The van der Waals surface area contributed by atoms with E-state index in [1.54, 1.807) is 56.4 Å². The van der Waals surface area contributed by atoms with Crippen LogP contribution >= 0.6 is 0 Å². The Labute approximate surface area is 163 Å². The summed E-state index contributed by atoms with van der Waals surface area (Å²) < 4.78 is 24.8. The van der Waals surface area contributed by atoms with Gasteiger partial charge in [-0.15, -0.1) is 0 Å². The van der Waals surface area contributed by atoms with Gasteiger partial charge in [-0.3, -0.25) is 19.6 Å². The van der Waals surface area contributed by atoms with Crippen molar-refractivity contribution in [3.63, 3.8) is 0 Å². The number of likely N-dealkylation sites (N-methyl/N-ethyl adjacent to an activating group) is 1. The third-order valence-corrected chi connectivity index (χ3v) is 4.73. The van der Waals surface area contributed by atoms with Gasteiger partial charge in [0.2, 0.25) is 15.9 Å². The molecule has 0 fully saturated rings. The van der Waals surface area contributed by atoms with Gasteiger partial charge in [0, 0.05) is 30.9 Å². The van der Waals surface area contributed by atoms with E-state index < -0.39 is 14.9 Å². The van der Waals surface area contributed by atoms with Crippen LogP contribution in [0.4, 0.5) is 11.4 Å². The number of non-ortho nitro benzene ring substituents is 1. The highest BCUT2D eigenvalue weighted by molar-refractivity contribution is 7.92.